The van der Waals surface area contributed by atoms with Crippen molar-refractivity contribution in [1.29, 1.82) is 0 Å². The Hall–Kier alpha value is -0.380. The molecule has 96 valence electrons. The van der Waals surface area contributed by atoms with Gasteiger partial charge in [0.2, 0.25) is 0 Å². The summed E-state index contributed by atoms with van der Waals surface area (Å²) in [7, 11) is 0. The standard InChI is InChI=1S/C14H22BrNO/c1-4-14(16-10(2)9-11(3)17)12-5-7-13(15)8-6-12/h5-8,10-11,14,16-17H,4,9H2,1-3H3. The lowest BCUT2D eigenvalue weighted by Gasteiger charge is -2.23. The van der Waals surface area contributed by atoms with E-state index in [0.29, 0.717) is 12.1 Å². The quantitative estimate of drug-likeness (QED) is 0.840. The summed E-state index contributed by atoms with van der Waals surface area (Å²) in [6.07, 6.45) is 1.58. The normalized spacial score (nSPS) is 16.5. The topological polar surface area (TPSA) is 32.3 Å². The summed E-state index contributed by atoms with van der Waals surface area (Å²) in [5.41, 5.74) is 1.30. The number of benzene rings is 1. The summed E-state index contributed by atoms with van der Waals surface area (Å²) >= 11 is 3.45. The smallest absolute Gasteiger partial charge is 0.0526 e. The Bertz CT molecular complexity index is 323. The molecule has 0 amide bonds. The molecule has 0 aromatic heterocycles. The highest BCUT2D eigenvalue weighted by atomic mass is 79.9. The molecule has 2 N–H and O–H groups in total. The van der Waals surface area contributed by atoms with Crippen LogP contribution in [-0.2, 0) is 0 Å². The first-order valence-corrected chi connectivity index (χ1v) is 7.01. The van der Waals surface area contributed by atoms with Gasteiger partial charge in [-0.25, -0.2) is 0 Å². The van der Waals surface area contributed by atoms with E-state index in [9.17, 15) is 5.11 Å². The van der Waals surface area contributed by atoms with E-state index in [1.807, 2.05) is 6.92 Å². The van der Waals surface area contributed by atoms with Crippen molar-refractivity contribution in [2.45, 2.75) is 51.8 Å². The van der Waals surface area contributed by atoms with Crippen LogP contribution in [0.25, 0.3) is 0 Å². The monoisotopic (exact) mass is 299 g/mol. The average Bonchev–Trinajstić information content (AvgIpc) is 2.26. The van der Waals surface area contributed by atoms with Crippen molar-refractivity contribution >= 4 is 15.9 Å². The lowest BCUT2D eigenvalue weighted by Crippen LogP contribution is -2.32. The van der Waals surface area contributed by atoms with Crippen molar-refractivity contribution in [3.63, 3.8) is 0 Å². The summed E-state index contributed by atoms with van der Waals surface area (Å²) in [4.78, 5) is 0. The van der Waals surface area contributed by atoms with Gasteiger partial charge in [0, 0.05) is 16.6 Å². The van der Waals surface area contributed by atoms with Gasteiger partial charge in [-0.15, -0.1) is 0 Å². The van der Waals surface area contributed by atoms with E-state index in [4.69, 9.17) is 0 Å². The third kappa shape index (κ3) is 5.19. The fourth-order valence-corrected chi connectivity index (χ4v) is 2.33. The molecular weight excluding hydrogens is 278 g/mol. The molecule has 0 bridgehead atoms. The van der Waals surface area contributed by atoms with Crippen LogP contribution in [0.1, 0.15) is 45.2 Å². The van der Waals surface area contributed by atoms with Crippen LogP contribution in [0.5, 0.6) is 0 Å². The molecular formula is C14H22BrNO. The van der Waals surface area contributed by atoms with Gasteiger partial charge < -0.3 is 10.4 Å². The number of hydrogen-bond donors (Lipinski definition) is 2. The molecule has 0 radical (unpaired) electrons. The summed E-state index contributed by atoms with van der Waals surface area (Å²) in [6.45, 7) is 6.13. The van der Waals surface area contributed by atoms with Crippen molar-refractivity contribution < 1.29 is 5.11 Å². The van der Waals surface area contributed by atoms with Crippen LogP contribution in [0.15, 0.2) is 28.7 Å². The maximum atomic E-state index is 9.37. The summed E-state index contributed by atoms with van der Waals surface area (Å²) in [5, 5.41) is 12.9. The van der Waals surface area contributed by atoms with Gasteiger partial charge in [-0.2, -0.15) is 0 Å². The third-order valence-electron chi connectivity index (χ3n) is 2.86. The van der Waals surface area contributed by atoms with Crippen LogP contribution in [0.2, 0.25) is 0 Å². The molecule has 0 spiro atoms. The minimum atomic E-state index is -0.250. The van der Waals surface area contributed by atoms with Crippen LogP contribution in [0.4, 0.5) is 0 Å². The molecule has 3 heteroatoms. The van der Waals surface area contributed by atoms with E-state index in [1.165, 1.54) is 5.56 Å². The molecule has 1 aromatic carbocycles. The Morgan fingerprint density at radius 1 is 1.24 bits per heavy atom. The molecule has 3 atom stereocenters. The second-order valence-corrected chi connectivity index (χ2v) is 5.58. The second-order valence-electron chi connectivity index (χ2n) is 4.66. The minimum absolute atomic E-state index is 0.250. The lowest BCUT2D eigenvalue weighted by molar-refractivity contribution is 0.167. The van der Waals surface area contributed by atoms with Crippen molar-refractivity contribution in [2.24, 2.45) is 0 Å². The summed E-state index contributed by atoms with van der Waals surface area (Å²) in [5.74, 6) is 0. The predicted molar refractivity (Wildman–Crippen MR) is 76.1 cm³/mol. The zero-order chi connectivity index (χ0) is 12.8. The first-order chi connectivity index (χ1) is 8.02. The number of aliphatic hydroxyl groups excluding tert-OH is 1. The molecule has 0 fully saturated rings. The van der Waals surface area contributed by atoms with E-state index < -0.39 is 0 Å². The predicted octanol–water partition coefficient (Wildman–Crippen LogP) is 3.65. The molecule has 0 aliphatic heterocycles. The van der Waals surface area contributed by atoms with Gasteiger partial charge in [0.25, 0.3) is 0 Å². The van der Waals surface area contributed by atoms with Gasteiger partial charge in [-0.05, 0) is 44.4 Å². The van der Waals surface area contributed by atoms with Gasteiger partial charge in [0.1, 0.15) is 0 Å². The van der Waals surface area contributed by atoms with Crippen molar-refractivity contribution in [3.8, 4) is 0 Å². The number of nitrogens with one attached hydrogen (secondary N) is 1. The van der Waals surface area contributed by atoms with Crippen LogP contribution in [0.3, 0.4) is 0 Å². The fourth-order valence-electron chi connectivity index (χ4n) is 2.07. The third-order valence-corrected chi connectivity index (χ3v) is 3.39. The first-order valence-electron chi connectivity index (χ1n) is 6.22. The highest BCUT2D eigenvalue weighted by Gasteiger charge is 2.13. The van der Waals surface area contributed by atoms with Gasteiger partial charge >= 0.3 is 0 Å². The second kappa shape index (κ2) is 7.14. The van der Waals surface area contributed by atoms with Gasteiger partial charge in [-0.1, -0.05) is 35.0 Å². The zero-order valence-electron chi connectivity index (χ0n) is 10.8. The van der Waals surface area contributed by atoms with Crippen molar-refractivity contribution in [3.05, 3.63) is 34.3 Å². The molecule has 1 rings (SSSR count). The maximum absolute atomic E-state index is 9.37. The number of halogens is 1. The molecule has 0 saturated heterocycles. The van der Waals surface area contributed by atoms with Crippen LogP contribution in [-0.4, -0.2) is 17.3 Å². The Balaban J connectivity index is 2.62. The zero-order valence-corrected chi connectivity index (χ0v) is 12.4. The van der Waals surface area contributed by atoms with E-state index in [2.05, 4.69) is 59.4 Å². The number of hydrogen-bond acceptors (Lipinski definition) is 2. The molecule has 17 heavy (non-hydrogen) atoms. The first kappa shape index (κ1) is 14.7. The Morgan fingerprint density at radius 3 is 2.29 bits per heavy atom. The number of rotatable bonds is 6. The van der Waals surface area contributed by atoms with Gasteiger partial charge in [0.05, 0.1) is 6.10 Å². The van der Waals surface area contributed by atoms with Gasteiger partial charge in [0.15, 0.2) is 0 Å². The average molecular weight is 300 g/mol. The van der Waals surface area contributed by atoms with Crippen molar-refractivity contribution in [2.75, 3.05) is 0 Å². The largest absolute Gasteiger partial charge is 0.393 e. The van der Waals surface area contributed by atoms with E-state index in [-0.39, 0.29) is 6.10 Å². The summed E-state index contributed by atoms with van der Waals surface area (Å²) in [6, 6.07) is 9.10. The number of aliphatic hydroxyl groups is 1. The van der Waals surface area contributed by atoms with Gasteiger partial charge in [-0.3, -0.25) is 0 Å². The molecule has 3 unspecified atom stereocenters. The Morgan fingerprint density at radius 2 is 1.82 bits per heavy atom. The Labute approximate surface area is 113 Å². The molecule has 2 nitrogen and oxygen atoms in total. The molecule has 0 saturated carbocycles. The lowest BCUT2D eigenvalue weighted by atomic mass is 10.0. The molecule has 0 aliphatic carbocycles. The maximum Gasteiger partial charge on any atom is 0.0526 e. The molecule has 0 heterocycles. The van der Waals surface area contributed by atoms with Crippen molar-refractivity contribution in [1.82, 2.24) is 5.32 Å². The highest BCUT2D eigenvalue weighted by Crippen LogP contribution is 2.20. The Kier molecular flexibility index (Phi) is 6.17. The van der Waals surface area contributed by atoms with Crippen LogP contribution in [0, 0.1) is 0 Å². The van der Waals surface area contributed by atoms with Crippen LogP contribution >= 0.6 is 15.9 Å². The minimum Gasteiger partial charge on any atom is -0.393 e. The summed E-state index contributed by atoms with van der Waals surface area (Å²) < 4.78 is 1.10. The fraction of sp³-hybridized carbons (Fsp3) is 0.571. The van der Waals surface area contributed by atoms with E-state index in [1.54, 1.807) is 0 Å². The molecule has 0 aliphatic rings. The van der Waals surface area contributed by atoms with Crippen LogP contribution < -0.4 is 5.32 Å². The highest BCUT2D eigenvalue weighted by molar-refractivity contribution is 9.10. The SMILES string of the molecule is CCC(NC(C)CC(C)O)c1ccc(Br)cc1. The molecule has 1 aromatic rings. The van der Waals surface area contributed by atoms with E-state index >= 15 is 0 Å². The van der Waals surface area contributed by atoms with E-state index in [0.717, 1.165) is 17.3 Å².